The topological polar surface area (TPSA) is 97.2 Å². The first kappa shape index (κ1) is 23.8. The van der Waals surface area contributed by atoms with Gasteiger partial charge in [-0.05, 0) is 48.6 Å². The van der Waals surface area contributed by atoms with Crippen LogP contribution in [0.5, 0.6) is 0 Å². The number of hydrogen-bond acceptors (Lipinski definition) is 6. The Hall–Kier alpha value is -2.95. The minimum Gasteiger partial charge on any atom is -0.346 e. The van der Waals surface area contributed by atoms with Gasteiger partial charge in [-0.25, -0.2) is 13.4 Å². The number of para-hydroxylation sites is 1. The number of likely N-dealkylation sites (tertiary alicyclic amines) is 1. The van der Waals surface area contributed by atoms with Crippen LogP contribution in [0.15, 0.2) is 66.0 Å². The summed E-state index contributed by atoms with van der Waals surface area (Å²) in [5, 5.41) is 2.00. The Morgan fingerprint density at radius 2 is 1.91 bits per heavy atom. The summed E-state index contributed by atoms with van der Waals surface area (Å²) in [4.78, 5) is 18.8. The van der Waals surface area contributed by atoms with E-state index in [-0.39, 0.29) is 17.4 Å². The molecule has 1 aliphatic rings. The molecular formula is C24H26ClN5O3S2. The number of aryl methyl sites for hydroxylation is 1. The fourth-order valence-corrected chi connectivity index (χ4v) is 6.50. The molecule has 3 heterocycles. The van der Waals surface area contributed by atoms with E-state index in [0.717, 1.165) is 40.8 Å². The molecule has 35 heavy (non-hydrogen) atoms. The van der Waals surface area contributed by atoms with E-state index in [2.05, 4.69) is 14.1 Å². The van der Waals surface area contributed by atoms with Crippen molar-refractivity contribution in [2.45, 2.75) is 36.6 Å². The Balaban J connectivity index is 0.00000304. The van der Waals surface area contributed by atoms with Gasteiger partial charge < -0.3 is 9.47 Å². The Morgan fingerprint density at radius 1 is 1.14 bits per heavy atom. The molecule has 2 aromatic heterocycles. The second kappa shape index (κ2) is 9.96. The summed E-state index contributed by atoms with van der Waals surface area (Å²) in [6, 6.07) is 14.8. The fraction of sp³-hybridized carbons (Fsp3) is 0.292. The van der Waals surface area contributed by atoms with Gasteiger partial charge in [-0.15, -0.1) is 0 Å². The van der Waals surface area contributed by atoms with Crippen molar-refractivity contribution in [3.05, 3.63) is 71.6 Å². The highest BCUT2D eigenvalue weighted by atomic mass is 35.5. The van der Waals surface area contributed by atoms with Crippen molar-refractivity contribution in [1.82, 2.24) is 18.8 Å². The Morgan fingerprint density at radius 3 is 2.63 bits per heavy atom. The van der Waals surface area contributed by atoms with Gasteiger partial charge in [0.1, 0.15) is 6.33 Å². The van der Waals surface area contributed by atoms with Crippen LogP contribution in [0.3, 0.4) is 0 Å². The van der Waals surface area contributed by atoms with E-state index in [1.165, 1.54) is 6.33 Å². The van der Waals surface area contributed by atoms with Gasteiger partial charge in [0.2, 0.25) is 11.0 Å². The van der Waals surface area contributed by atoms with E-state index in [0.29, 0.717) is 37.0 Å². The van der Waals surface area contributed by atoms with Crippen molar-refractivity contribution in [2.75, 3.05) is 17.8 Å². The third-order valence-electron chi connectivity index (χ3n) is 6.40. The van der Waals surface area contributed by atoms with Gasteiger partial charge >= 0.3 is 0 Å². The summed E-state index contributed by atoms with van der Waals surface area (Å²) >= 11 is 7.34. The number of halogens is 1. The van der Waals surface area contributed by atoms with E-state index in [9.17, 15) is 13.2 Å². The summed E-state index contributed by atoms with van der Waals surface area (Å²) in [7, 11) is -3.70. The van der Waals surface area contributed by atoms with Crippen LogP contribution in [0.2, 0.25) is 5.02 Å². The Bertz CT molecular complexity index is 1430. The quantitative estimate of drug-likeness (QED) is 0.362. The molecule has 0 unspecified atom stereocenters. The maximum absolute atomic E-state index is 12.8. The standard InChI is InChI=1S/C24H24ClN5O3S2.H2/c25-21-3-1-2-19-10-14-30(23(19)21)15-11-22(31)29-12-8-18(9-13-29)17-4-6-20(7-5-17)35(32,33)28-24-26-16-27-34-24;/h1-7,10,14,16,18H,8-9,11-13,15H2,(H,26,27,28);1H. The van der Waals surface area contributed by atoms with Crippen molar-refractivity contribution < 1.29 is 14.6 Å². The highest BCUT2D eigenvalue weighted by molar-refractivity contribution is 7.93. The average Bonchev–Trinajstić information content (AvgIpc) is 3.53. The van der Waals surface area contributed by atoms with Gasteiger partial charge in [0.05, 0.1) is 15.4 Å². The van der Waals surface area contributed by atoms with Crippen LogP contribution in [-0.4, -0.2) is 46.2 Å². The number of nitrogens with zero attached hydrogens (tertiary/aromatic N) is 4. The summed E-state index contributed by atoms with van der Waals surface area (Å²) in [5.41, 5.74) is 2.05. The van der Waals surface area contributed by atoms with Crippen molar-refractivity contribution in [3.63, 3.8) is 0 Å². The molecule has 0 aliphatic carbocycles. The lowest BCUT2D eigenvalue weighted by Gasteiger charge is -2.32. The summed E-state index contributed by atoms with van der Waals surface area (Å²) in [6.07, 6.45) is 5.40. The largest absolute Gasteiger partial charge is 0.346 e. The van der Waals surface area contributed by atoms with Gasteiger partial charge in [-0.1, -0.05) is 35.9 Å². The van der Waals surface area contributed by atoms with Gasteiger partial charge in [0.25, 0.3) is 10.0 Å². The molecular weight excluding hydrogens is 506 g/mol. The summed E-state index contributed by atoms with van der Waals surface area (Å²) < 4.78 is 33.3. The molecule has 4 aromatic rings. The zero-order valence-electron chi connectivity index (χ0n) is 18.8. The second-order valence-electron chi connectivity index (χ2n) is 8.51. The molecule has 1 N–H and O–H groups in total. The number of nitrogens with one attached hydrogen (secondary N) is 1. The highest BCUT2D eigenvalue weighted by Gasteiger charge is 2.24. The lowest BCUT2D eigenvalue weighted by atomic mass is 9.89. The van der Waals surface area contributed by atoms with E-state index in [4.69, 9.17) is 11.6 Å². The van der Waals surface area contributed by atoms with Crippen LogP contribution >= 0.6 is 23.1 Å². The fourth-order valence-electron chi connectivity index (χ4n) is 4.55. The molecule has 5 rings (SSSR count). The number of fused-ring (bicyclic) bond motifs is 1. The van der Waals surface area contributed by atoms with Gasteiger partial charge in [0, 0.05) is 50.6 Å². The van der Waals surface area contributed by atoms with E-state index in [1.54, 1.807) is 12.1 Å². The van der Waals surface area contributed by atoms with Gasteiger partial charge in [-0.2, -0.15) is 4.37 Å². The first-order valence-electron chi connectivity index (χ1n) is 11.3. The molecule has 0 saturated carbocycles. The number of rotatable bonds is 7. The minimum absolute atomic E-state index is 0. The number of carbonyl (C=O) groups is 1. The number of aromatic nitrogens is 3. The first-order valence-corrected chi connectivity index (χ1v) is 13.9. The zero-order chi connectivity index (χ0) is 24.4. The number of amides is 1. The highest BCUT2D eigenvalue weighted by Crippen LogP contribution is 2.30. The second-order valence-corrected chi connectivity index (χ2v) is 11.4. The molecule has 1 amide bonds. The number of carbonyl (C=O) groups excluding carboxylic acids is 1. The normalized spacial score (nSPS) is 14.9. The first-order chi connectivity index (χ1) is 16.9. The van der Waals surface area contributed by atoms with E-state index >= 15 is 0 Å². The molecule has 0 bridgehead atoms. The molecule has 2 aromatic carbocycles. The predicted molar refractivity (Wildman–Crippen MR) is 139 cm³/mol. The number of anilines is 1. The van der Waals surface area contributed by atoms with Crippen LogP contribution in [0.1, 0.15) is 32.2 Å². The van der Waals surface area contributed by atoms with Crippen molar-refractivity contribution in [3.8, 4) is 0 Å². The molecule has 1 saturated heterocycles. The molecule has 184 valence electrons. The predicted octanol–water partition coefficient (Wildman–Crippen LogP) is 4.99. The van der Waals surface area contributed by atoms with E-state index < -0.39 is 10.0 Å². The third kappa shape index (κ3) is 5.19. The monoisotopic (exact) mass is 531 g/mol. The molecule has 0 atom stereocenters. The smallest absolute Gasteiger partial charge is 0.263 e. The Kier molecular flexibility index (Phi) is 6.77. The SMILES string of the molecule is O=C(CCn1ccc2cccc(Cl)c21)N1CCC(c2ccc(S(=O)(=O)Nc3ncns3)cc2)CC1.[HH]. The maximum Gasteiger partial charge on any atom is 0.263 e. The lowest BCUT2D eigenvalue weighted by Crippen LogP contribution is -2.38. The van der Waals surface area contributed by atoms with Crippen LogP contribution in [0, 0.1) is 0 Å². The zero-order valence-corrected chi connectivity index (χ0v) is 21.2. The van der Waals surface area contributed by atoms with Crippen LogP contribution in [-0.2, 0) is 21.4 Å². The number of hydrogen-bond donors (Lipinski definition) is 1. The molecule has 0 spiro atoms. The molecule has 8 nitrogen and oxygen atoms in total. The summed E-state index contributed by atoms with van der Waals surface area (Å²) in [5.74, 6) is 0.431. The lowest BCUT2D eigenvalue weighted by molar-refractivity contribution is -0.132. The summed E-state index contributed by atoms with van der Waals surface area (Å²) in [6.45, 7) is 1.97. The van der Waals surface area contributed by atoms with Crippen molar-refractivity contribution >= 4 is 55.1 Å². The van der Waals surface area contributed by atoms with Crippen LogP contribution in [0.25, 0.3) is 10.9 Å². The van der Waals surface area contributed by atoms with E-state index in [1.807, 2.05) is 52.1 Å². The Labute approximate surface area is 214 Å². The molecule has 1 aliphatic heterocycles. The third-order valence-corrected chi connectivity index (χ3v) is 8.77. The van der Waals surface area contributed by atoms with Crippen molar-refractivity contribution in [2.24, 2.45) is 0 Å². The molecule has 1 fully saturated rings. The maximum atomic E-state index is 12.8. The number of benzene rings is 2. The average molecular weight is 532 g/mol. The number of piperidine rings is 1. The van der Waals surface area contributed by atoms with Gasteiger partial charge in [-0.3, -0.25) is 9.52 Å². The van der Waals surface area contributed by atoms with Gasteiger partial charge in [0.15, 0.2) is 0 Å². The minimum atomic E-state index is -3.70. The molecule has 11 heteroatoms. The van der Waals surface area contributed by atoms with Crippen molar-refractivity contribution in [1.29, 1.82) is 0 Å². The molecule has 0 radical (unpaired) electrons. The van der Waals surface area contributed by atoms with Crippen LogP contribution in [0.4, 0.5) is 5.13 Å². The number of sulfonamides is 1. The van der Waals surface area contributed by atoms with Crippen LogP contribution < -0.4 is 4.72 Å².